The third-order valence-electron chi connectivity index (χ3n) is 5.81. The van der Waals surface area contributed by atoms with Crippen molar-refractivity contribution in [2.45, 2.75) is 24.8 Å². The zero-order valence-electron chi connectivity index (χ0n) is 21.2. The third-order valence-corrected chi connectivity index (χ3v) is 7.63. The highest BCUT2D eigenvalue weighted by Crippen LogP contribution is 2.28. The molecule has 0 spiro atoms. The number of methoxy groups -OCH3 is 3. The van der Waals surface area contributed by atoms with Gasteiger partial charge in [-0.25, -0.2) is 8.42 Å². The number of carbonyl (C=O) groups is 1. The van der Waals surface area contributed by atoms with Gasteiger partial charge in [0.2, 0.25) is 10.0 Å². The van der Waals surface area contributed by atoms with E-state index in [-0.39, 0.29) is 17.3 Å². The van der Waals surface area contributed by atoms with Crippen LogP contribution in [0.4, 0.5) is 0 Å². The minimum atomic E-state index is -3.71. The largest absolute Gasteiger partial charge is 0.496 e. The van der Waals surface area contributed by atoms with E-state index < -0.39 is 10.0 Å². The van der Waals surface area contributed by atoms with Gasteiger partial charge >= 0.3 is 0 Å². The smallest absolute Gasteiger partial charge is 0.251 e. The summed E-state index contributed by atoms with van der Waals surface area (Å²) in [5, 5.41) is 2.91. The first-order valence-corrected chi connectivity index (χ1v) is 12.8. The molecule has 9 heteroatoms. The molecule has 1 amide bonds. The lowest BCUT2D eigenvalue weighted by Gasteiger charge is -2.19. The van der Waals surface area contributed by atoms with Crippen LogP contribution in [0, 0.1) is 6.92 Å². The number of ether oxygens (including phenoxy) is 3. The number of nitrogens with one attached hydrogen (secondary N) is 1. The van der Waals surface area contributed by atoms with E-state index in [0.29, 0.717) is 41.3 Å². The van der Waals surface area contributed by atoms with Gasteiger partial charge in [0.25, 0.3) is 5.91 Å². The molecule has 8 nitrogen and oxygen atoms in total. The SMILES string of the molecule is COc1ccc(C(=O)NCCc2ccc(OC)c(OC)c2)cc1CN(C)S(=O)(=O)c1ccc(C)cc1. The molecule has 0 radical (unpaired) electrons. The lowest BCUT2D eigenvalue weighted by Crippen LogP contribution is -2.28. The molecule has 0 heterocycles. The number of hydrogen-bond donors (Lipinski definition) is 1. The quantitative estimate of drug-likeness (QED) is 0.420. The molecule has 1 N–H and O–H groups in total. The lowest BCUT2D eigenvalue weighted by atomic mass is 10.1. The van der Waals surface area contributed by atoms with E-state index in [1.165, 1.54) is 18.5 Å². The Morgan fingerprint density at radius 2 is 1.50 bits per heavy atom. The zero-order chi connectivity index (χ0) is 26.3. The number of sulfonamides is 1. The van der Waals surface area contributed by atoms with Gasteiger partial charge < -0.3 is 19.5 Å². The number of carbonyl (C=O) groups excluding carboxylic acids is 1. The fraction of sp³-hybridized carbons (Fsp3) is 0.296. The van der Waals surface area contributed by atoms with E-state index >= 15 is 0 Å². The molecule has 36 heavy (non-hydrogen) atoms. The summed E-state index contributed by atoms with van der Waals surface area (Å²) in [5.74, 6) is 1.52. The fourth-order valence-electron chi connectivity index (χ4n) is 3.72. The number of aryl methyl sites for hydroxylation is 1. The molecule has 3 aromatic rings. The Morgan fingerprint density at radius 1 is 0.861 bits per heavy atom. The molecule has 0 aliphatic carbocycles. The molecule has 0 saturated heterocycles. The molecular weight excluding hydrogens is 480 g/mol. The predicted octanol–water partition coefficient (Wildman–Crippen LogP) is 3.81. The number of benzene rings is 3. The molecule has 0 bridgehead atoms. The van der Waals surface area contributed by atoms with E-state index in [9.17, 15) is 13.2 Å². The zero-order valence-corrected chi connectivity index (χ0v) is 22.0. The van der Waals surface area contributed by atoms with Crippen LogP contribution < -0.4 is 19.5 Å². The van der Waals surface area contributed by atoms with Crippen LogP contribution in [0.25, 0.3) is 0 Å². The summed E-state index contributed by atoms with van der Waals surface area (Å²) in [4.78, 5) is 13.0. The maximum Gasteiger partial charge on any atom is 0.251 e. The summed E-state index contributed by atoms with van der Waals surface area (Å²) in [5.41, 5.74) is 2.97. The second-order valence-electron chi connectivity index (χ2n) is 8.30. The van der Waals surface area contributed by atoms with Crippen molar-refractivity contribution in [3.63, 3.8) is 0 Å². The van der Waals surface area contributed by atoms with Crippen LogP contribution in [0.5, 0.6) is 17.2 Å². The Balaban J connectivity index is 1.70. The van der Waals surface area contributed by atoms with Gasteiger partial charge in [0.1, 0.15) is 5.75 Å². The standard InChI is InChI=1S/C27H32N2O6S/c1-19-6-10-23(11-7-19)36(31,32)29(2)18-22-17-21(9-13-24(22)33-3)27(30)28-15-14-20-8-12-25(34-4)26(16-20)35-5/h6-13,16-17H,14-15,18H2,1-5H3,(H,28,30). The summed E-state index contributed by atoms with van der Waals surface area (Å²) in [6.07, 6.45) is 0.604. The molecule has 0 aliphatic heterocycles. The average molecular weight is 513 g/mol. The van der Waals surface area contributed by atoms with Crippen molar-refractivity contribution in [1.29, 1.82) is 0 Å². The molecule has 192 valence electrons. The van der Waals surface area contributed by atoms with E-state index in [1.807, 2.05) is 25.1 Å². The van der Waals surface area contributed by atoms with Crippen LogP contribution >= 0.6 is 0 Å². The Morgan fingerprint density at radius 3 is 2.14 bits per heavy atom. The maximum atomic E-state index is 13.0. The summed E-state index contributed by atoms with van der Waals surface area (Å²) in [6.45, 7) is 2.36. The number of rotatable bonds is 11. The van der Waals surface area contributed by atoms with Gasteiger partial charge in [-0.2, -0.15) is 4.31 Å². The van der Waals surface area contributed by atoms with Crippen molar-refractivity contribution < 1.29 is 27.4 Å². The minimum Gasteiger partial charge on any atom is -0.496 e. The maximum absolute atomic E-state index is 13.0. The van der Waals surface area contributed by atoms with Gasteiger partial charge in [-0.1, -0.05) is 23.8 Å². The number of amides is 1. The Labute approximate surface area is 212 Å². The molecule has 0 atom stereocenters. The van der Waals surface area contributed by atoms with Crippen molar-refractivity contribution in [3.8, 4) is 17.2 Å². The van der Waals surface area contributed by atoms with Crippen molar-refractivity contribution in [2.75, 3.05) is 34.9 Å². The Kier molecular flexibility index (Phi) is 8.95. The molecule has 3 aromatic carbocycles. The summed E-state index contributed by atoms with van der Waals surface area (Å²) in [7, 11) is 2.46. The van der Waals surface area contributed by atoms with Crippen molar-refractivity contribution >= 4 is 15.9 Å². The predicted molar refractivity (Wildman–Crippen MR) is 138 cm³/mol. The van der Waals surface area contributed by atoms with Gasteiger partial charge in [0, 0.05) is 31.3 Å². The van der Waals surface area contributed by atoms with E-state index in [2.05, 4.69) is 5.32 Å². The molecule has 0 aliphatic rings. The van der Waals surface area contributed by atoms with E-state index in [1.54, 1.807) is 56.7 Å². The second-order valence-corrected chi connectivity index (χ2v) is 10.3. The molecule has 0 fully saturated rings. The average Bonchev–Trinajstić information content (AvgIpc) is 2.88. The van der Waals surface area contributed by atoms with Crippen molar-refractivity contribution in [3.05, 3.63) is 82.9 Å². The Bertz CT molecular complexity index is 1310. The van der Waals surface area contributed by atoms with Gasteiger partial charge in [-0.3, -0.25) is 4.79 Å². The number of nitrogens with zero attached hydrogens (tertiary/aromatic N) is 1. The highest BCUT2D eigenvalue weighted by Gasteiger charge is 2.22. The van der Waals surface area contributed by atoms with E-state index in [0.717, 1.165) is 11.1 Å². The van der Waals surface area contributed by atoms with Crippen molar-refractivity contribution in [2.24, 2.45) is 0 Å². The van der Waals surface area contributed by atoms with Crippen LogP contribution in [-0.4, -0.2) is 53.6 Å². The highest BCUT2D eigenvalue weighted by molar-refractivity contribution is 7.89. The summed E-state index contributed by atoms with van der Waals surface area (Å²) < 4.78 is 43.3. The molecular formula is C27H32N2O6S. The van der Waals surface area contributed by atoms with Gasteiger partial charge in [-0.05, 0) is 61.4 Å². The molecule has 0 saturated carbocycles. The monoisotopic (exact) mass is 512 g/mol. The normalized spacial score (nSPS) is 11.3. The number of hydrogen-bond acceptors (Lipinski definition) is 6. The third kappa shape index (κ3) is 6.35. The molecule has 0 aromatic heterocycles. The van der Waals surface area contributed by atoms with Crippen LogP contribution in [0.3, 0.4) is 0 Å². The molecule has 3 rings (SSSR count). The minimum absolute atomic E-state index is 0.0478. The first-order valence-electron chi connectivity index (χ1n) is 11.4. The van der Waals surface area contributed by atoms with Crippen molar-refractivity contribution in [1.82, 2.24) is 9.62 Å². The lowest BCUT2D eigenvalue weighted by molar-refractivity contribution is 0.0954. The Hall–Kier alpha value is -3.56. The van der Waals surface area contributed by atoms with Crippen LogP contribution in [0.15, 0.2) is 65.6 Å². The van der Waals surface area contributed by atoms with Crippen LogP contribution in [0.2, 0.25) is 0 Å². The topological polar surface area (TPSA) is 94.2 Å². The highest BCUT2D eigenvalue weighted by atomic mass is 32.2. The summed E-state index contributed by atoms with van der Waals surface area (Å²) >= 11 is 0. The molecule has 0 unspecified atom stereocenters. The van der Waals surface area contributed by atoms with Gasteiger partial charge in [0.15, 0.2) is 11.5 Å². The van der Waals surface area contributed by atoms with Crippen LogP contribution in [0.1, 0.15) is 27.0 Å². The fourth-order valence-corrected chi connectivity index (χ4v) is 4.87. The van der Waals surface area contributed by atoms with E-state index in [4.69, 9.17) is 14.2 Å². The van der Waals surface area contributed by atoms with Gasteiger partial charge in [0.05, 0.1) is 26.2 Å². The van der Waals surface area contributed by atoms with Gasteiger partial charge in [-0.15, -0.1) is 0 Å². The first-order chi connectivity index (χ1) is 17.2. The first kappa shape index (κ1) is 27.0. The second kappa shape index (κ2) is 11.9. The summed E-state index contributed by atoms with van der Waals surface area (Å²) in [6, 6.07) is 17.3. The van der Waals surface area contributed by atoms with Crippen LogP contribution in [-0.2, 0) is 23.0 Å².